The number of nitrogens with one attached hydrogen (secondary N) is 2. The van der Waals surface area contributed by atoms with Crippen LogP contribution in [0, 0.1) is 5.92 Å². The number of nitrogens with zero attached hydrogens (tertiary/aromatic N) is 3. The molecule has 1 saturated carbocycles. The van der Waals surface area contributed by atoms with Crippen LogP contribution in [0.1, 0.15) is 37.8 Å². The summed E-state index contributed by atoms with van der Waals surface area (Å²) in [5, 5.41) is 6.87. The van der Waals surface area contributed by atoms with Gasteiger partial charge >= 0.3 is 0 Å². The fourth-order valence-electron chi connectivity index (χ4n) is 3.57. The topological polar surface area (TPSA) is 42.9 Å². The summed E-state index contributed by atoms with van der Waals surface area (Å²) in [6.07, 6.45) is 3.85. The molecule has 1 aromatic rings. The average Bonchev–Trinajstić information content (AvgIpc) is 3.49. The van der Waals surface area contributed by atoms with E-state index < -0.39 is 0 Å². The Kier molecular flexibility index (Phi) is 7.32. The van der Waals surface area contributed by atoms with Gasteiger partial charge < -0.3 is 15.5 Å². The Morgan fingerprint density at radius 3 is 2.69 bits per heavy atom. The zero-order chi connectivity index (χ0) is 18.2. The monoisotopic (exact) mass is 357 g/mol. The zero-order valence-electron chi connectivity index (χ0n) is 16.5. The van der Waals surface area contributed by atoms with Gasteiger partial charge in [0.2, 0.25) is 0 Å². The normalized spacial score (nSPS) is 22.4. The summed E-state index contributed by atoms with van der Waals surface area (Å²) in [6, 6.07) is 11.5. The highest BCUT2D eigenvalue weighted by Gasteiger charge is 2.26. The molecule has 2 N–H and O–H groups in total. The van der Waals surface area contributed by atoms with Crippen molar-refractivity contribution in [2.75, 3.05) is 52.9 Å². The van der Waals surface area contributed by atoms with Gasteiger partial charge in [0.1, 0.15) is 0 Å². The van der Waals surface area contributed by atoms with Gasteiger partial charge in [0, 0.05) is 51.9 Å². The third kappa shape index (κ3) is 5.99. The van der Waals surface area contributed by atoms with Gasteiger partial charge in [-0.3, -0.25) is 9.89 Å². The summed E-state index contributed by atoms with van der Waals surface area (Å²) < 4.78 is 0. The van der Waals surface area contributed by atoms with Gasteiger partial charge in [0.25, 0.3) is 0 Å². The van der Waals surface area contributed by atoms with E-state index in [-0.39, 0.29) is 0 Å². The molecule has 1 atom stereocenters. The van der Waals surface area contributed by atoms with Crippen LogP contribution in [0.25, 0.3) is 0 Å². The van der Waals surface area contributed by atoms with Crippen molar-refractivity contribution < 1.29 is 0 Å². The molecule has 2 fully saturated rings. The van der Waals surface area contributed by atoms with E-state index in [2.05, 4.69) is 64.7 Å². The predicted octanol–water partition coefficient (Wildman–Crippen LogP) is 2.33. The molecule has 0 aromatic heterocycles. The predicted molar refractivity (Wildman–Crippen MR) is 110 cm³/mol. The first kappa shape index (κ1) is 19.2. The molecular weight excluding hydrogens is 322 g/mol. The van der Waals surface area contributed by atoms with Gasteiger partial charge in [-0.2, -0.15) is 0 Å². The lowest BCUT2D eigenvalue weighted by atomic mass is 10.0. The molecule has 26 heavy (non-hydrogen) atoms. The fourth-order valence-corrected chi connectivity index (χ4v) is 3.57. The fraction of sp³-hybridized carbons (Fsp3) is 0.667. The van der Waals surface area contributed by atoms with E-state index in [1.165, 1.54) is 18.4 Å². The van der Waals surface area contributed by atoms with Crippen LogP contribution in [0.5, 0.6) is 0 Å². The number of guanidine groups is 1. The first-order valence-electron chi connectivity index (χ1n) is 10.3. The molecule has 2 aliphatic rings. The lowest BCUT2D eigenvalue weighted by Crippen LogP contribution is -2.47. The van der Waals surface area contributed by atoms with E-state index >= 15 is 0 Å². The largest absolute Gasteiger partial charge is 0.357 e. The van der Waals surface area contributed by atoms with Crippen molar-refractivity contribution in [3.8, 4) is 0 Å². The highest BCUT2D eigenvalue weighted by atomic mass is 15.3. The van der Waals surface area contributed by atoms with E-state index in [1.807, 2.05) is 0 Å². The molecule has 3 rings (SSSR count). The standard InChI is InChI=1S/C21H35N5/c1-3-22-21(24-16-18-10-11-18)23-12-7-13-26-15-14-25(2)17-20(26)19-8-5-4-6-9-19/h4-6,8-9,18,20H,3,7,10-17H2,1-2H3,(H2,22,23,24). The molecule has 1 unspecified atom stereocenters. The maximum absolute atomic E-state index is 4.71. The average molecular weight is 358 g/mol. The Balaban J connectivity index is 1.46. The Morgan fingerprint density at radius 2 is 1.96 bits per heavy atom. The van der Waals surface area contributed by atoms with Crippen LogP contribution in [0.15, 0.2) is 35.3 Å². The molecular formula is C21H35N5. The van der Waals surface area contributed by atoms with Gasteiger partial charge in [0.05, 0.1) is 0 Å². The van der Waals surface area contributed by atoms with Gasteiger partial charge in [0.15, 0.2) is 5.96 Å². The molecule has 0 radical (unpaired) electrons. The number of benzene rings is 1. The molecule has 1 heterocycles. The molecule has 0 amide bonds. The number of rotatable bonds is 8. The van der Waals surface area contributed by atoms with E-state index in [4.69, 9.17) is 4.99 Å². The quantitative estimate of drug-likeness (QED) is 0.426. The number of likely N-dealkylation sites (N-methyl/N-ethyl adjacent to an activating group) is 1. The minimum Gasteiger partial charge on any atom is -0.357 e. The summed E-state index contributed by atoms with van der Waals surface area (Å²) in [4.78, 5) is 9.80. The number of hydrogen-bond acceptors (Lipinski definition) is 3. The Bertz CT molecular complexity index is 555. The second kappa shape index (κ2) is 9.93. The molecule has 5 heteroatoms. The van der Waals surface area contributed by atoms with Crippen molar-refractivity contribution in [3.05, 3.63) is 35.9 Å². The third-order valence-electron chi connectivity index (χ3n) is 5.34. The first-order chi connectivity index (χ1) is 12.8. The third-order valence-corrected chi connectivity index (χ3v) is 5.34. The van der Waals surface area contributed by atoms with Crippen LogP contribution >= 0.6 is 0 Å². The molecule has 1 saturated heterocycles. The molecule has 144 valence electrons. The highest BCUT2D eigenvalue weighted by molar-refractivity contribution is 5.79. The van der Waals surface area contributed by atoms with Gasteiger partial charge in [-0.25, -0.2) is 0 Å². The molecule has 5 nitrogen and oxygen atoms in total. The van der Waals surface area contributed by atoms with Crippen LogP contribution in [0.3, 0.4) is 0 Å². The van der Waals surface area contributed by atoms with E-state index in [0.717, 1.165) is 64.1 Å². The second-order valence-corrected chi connectivity index (χ2v) is 7.67. The van der Waals surface area contributed by atoms with E-state index in [1.54, 1.807) is 0 Å². The second-order valence-electron chi connectivity index (χ2n) is 7.67. The molecule has 1 aromatic carbocycles. The van der Waals surface area contributed by atoms with Crippen LogP contribution in [-0.4, -0.2) is 68.6 Å². The molecule has 1 aliphatic carbocycles. The maximum Gasteiger partial charge on any atom is 0.191 e. The van der Waals surface area contributed by atoms with Crippen LogP contribution in [-0.2, 0) is 0 Å². The lowest BCUT2D eigenvalue weighted by Gasteiger charge is -2.40. The zero-order valence-corrected chi connectivity index (χ0v) is 16.5. The Hall–Kier alpha value is -1.59. The summed E-state index contributed by atoms with van der Waals surface area (Å²) in [5.41, 5.74) is 1.44. The van der Waals surface area contributed by atoms with Crippen molar-refractivity contribution in [1.29, 1.82) is 0 Å². The van der Waals surface area contributed by atoms with Gasteiger partial charge in [-0.05, 0) is 44.7 Å². The van der Waals surface area contributed by atoms with Crippen LogP contribution in [0.2, 0.25) is 0 Å². The minimum absolute atomic E-state index is 0.506. The SMILES string of the molecule is CCNC(=NCC1CC1)NCCCN1CCN(C)CC1c1ccccc1. The summed E-state index contributed by atoms with van der Waals surface area (Å²) >= 11 is 0. The molecule has 0 bridgehead atoms. The van der Waals surface area contributed by atoms with Crippen molar-refractivity contribution >= 4 is 5.96 Å². The summed E-state index contributed by atoms with van der Waals surface area (Å²) in [6.45, 7) is 9.54. The smallest absolute Gasteiger partial charge is 0.191 e. The van der Waals surface area contributed by atoms with Gasteiger partial charge in [-0.15, -0.1) is 0 Å². The van der Waals surface area contributed by atoms with Crippen molar-refractivity contribution in [2.45, 2.75) is 32.2 Å². The molecule has 1 aliphatic heterocycles. The van der Waals surface area contributed by atoms with Crippen molar-refractivity contribution in [2.24, 2.45) is 10.9 Å². The summed E-state index contributed by atoms with van der Waals surface area (Å²) in [5.74, 6) is 1.82. The number of piperazine rings is 1. The minimum atomic E-state index is 0.506. The Labute approximate surface area is 158 Å². The van der Waals surface area contributed by atoms with Crippen molar-refractivity contribution in [1.82, 2.24) is 20.4 Å². The van der Waals surface area contributed by atoms with Crippen LogP contribution < -0.4 is 10.6 Å². The van der Waals surface area contributed by atoms with Gasteiger partial charge in [-0.1, -0.05) is 30.3 Å². The highest BCUT2D eigenvalue weighted by Crippen LogP contribution is 2.28. The summed E-state index contributed by atoms with van der Waals surface area (Å²) in [7, 11) is 2.23. The van der Waals surface area contributed by atoms with Crippen molar-refractivity contribution in [3.63, 3.8) is 0 Å². The van der Waals surface area contributed by atoms with Crippen LogP contribution in [0.4, 0.5) is 0 Å². The molecule has 0 spiro atoms. The Morgan fingerprint density at radius 1 is 1.15 bits per heavy atom. The van der Waals surface area contributed by atoms with E-state index in [0.29, 0.717) is 6.04 Å². The number of hydrogen-bond donors (Lipinski definition) is 2. The first-order valence-corrected chi connectivity index (χ1v) is 10.3. The number of aliphatic imine (C=N–C) groups is 1. The lowest BCUT2D eigenvalue weighted by molar-refractivity contribution is 0.0891. The maximum atomic E-state index is 4.71. The van der Waals surface area contributed by atoms with E-state index in [9.17, 15) is 0 Å².